The van der Waals surface area contributed by atoms with Crippen molar-refractivity contribution in [3.05, 3.63) is 34.2 Å². The van der Waals surface area contributed by atoms with Crippen LogP contribution in [-0.4, -0.2) is 28.5 Å². The molecule has 0 radical (unpaired) electrons. The first-order valence-corrected chi connectivity index (χ1v) is 9.99. The van der Waals surface area contributed by atoms with Crippen LogP contribution < -0.4 is 5.32 Å². The Hall–Kier alpha value is -2.66. The van der Waals surface area contributed by atoms with Gasteiger partial charge in [-0.3, -0.25) is 4.79 Å². The number of hydrogen-bond donors (Lipinski definition) is 1. The van der Waals surface area contributed by atoms with E-state index >= 15 is 0 Å². The van der Waals surface area contributed by atoms with Gasteiger partial charge in [-0.2, -0.15) is 5.26 Å². The molecule has 1 aliphatic carbocycles. The topological polar surface area (TPSA) is 97.0 Å². The lowest BCUT2D eigenvalue weighted by molar-refractivity contribution is -0.116. The van der Waals surface area contributed by atoms with Crippen LogP contribution in [0.3, 0.4) is 0 Å². The fraction of sp³-hybridized carbons (Fsp3) is 0.500. The summed E-state index contributed by atoms with van der Waals surface area (Å²) in [6, 6.07) is 2.27. The van der Waals surface area contributed by atoms with Gasteiger partial charge in [-0.05, 0) is 36.2 Å². The first-order chi connectivity index (χ1) is 13.2. The minimum absolute atomic E-state index is 0.00203. The number of rotatable bonds is 4. The third-order valence-corrected chi connectivity index (χ3v) is 6.38. The predicted octanol–water partition coefficient (Wildman–Crippen LogP) is 3.39. The highest BCUT2D eigenvalue weighted by molar-refractivity contribution is 7.16. The second-order valence-corrected chi connectivity index (χ2v) is 9.20. The number of nitrogens with zero attached hydrogens (tertiary/aromatic N) is 3. The van der Waals surface area contributed by atoms with Crippen molar-refractivity contribution in [2.24, 2.45) is 11.3 Å². The molecule has 2 heterocycles. The molecule has 148 valence electrons. The van der Waals surface area contributed by atoms with Gasteiger partial charge >= 0.3 is 5.97 Å². The van der Waals surface area contributed by atoms with E-state index in [1.165, 1.54) is 40.4 Å². The number of imidazole rings is 1. The van der Waals surface area contributed by atoms with Gasteiger partial charge in [0, 0.05) is 11.1 Å². The Morgan fingerprint density at radius 2 is 2.21 bits per heavy atom. The number of nitriles is 1. The molecule has 1 atom stereocenters. The number of ether oxygens (including phenoxy) is 1. The van der Waals surface area contributed by atoms with Crippen molar-refractivity contribution >= 4 is 28.2 Å². The summed E-state index contributed by atoms with van der Waals surface area (Å²) in [6.45, 7) is 6.75. The standard InChI is InChI=1S/C20H24N4O3S/c1-20(2,3)12-5-6-13-14(8-21)18(28-16(13)7-12)23-17(25)10-24-9-15(22-11-24)19(26)27-4/h9,11-12H,5-7,10H2,1-4H3,(H,23,25). The fourth-order valence-electron chi connectivity index (χ4n) is 3.52. The van der Waals surface area contributed by atoms with Crippen molar-refractivity contribution in [2.45, 2.75) is 46.6 Å². The van der Waals surface area contributed by atoms with Gasteiger partial charge in [0.1, 0.15) is 17.6 Å². The van der Waals surface area contributed by atoms with Gasteiger partial charge in [0.2, 0.25) is 5.91 Å². The monoisotopic (exact) mass is 400 g/mol. The van der Waals surface area contributed by atoms with E-state index in [1.807, 2.05) is 0 Å². The Morgan fingerprint density at radius 1 is 1.46 bits per heavy atom. The lowest BCUT2D eigenvalue weighted by Gasteiger charge is -2.33. The van der Waals surface area contributed by atoms with Gasteiger partial charge in [0.05, 0.1) is 19.0 Å². The molecular formula is C20H24N4O3S. The SMILES string of the molecule is COC(=O)c1cn(CC(=O)Nc2sc3c(c2C#N)CCC(C(C)(C)C)C3)cn1. The molecule has 0 bridgehead atoms. The molecule has 1 aliphatic rings. The molecule has 0 spiro atoms. The third kappa shape index (κ3) is 4.09. The molecule has 7 nitrogen and oxygen atoms in total. The maximum absolute atomic E-state index is 12.5. The largest absolute Gasteiger partial charge is 0.464 e. The summed E-state index contributed by atoms with van der Waals surface area (Å²) in [5.41, 5.74) is 2.03. The molecule has 0 aromatic carbocycles. The highest BCUT2D eigenvalue weighted by Gasteiger charge is 2.32. The number of fused-ring (bicyclic) bond motifs is 1. The van der Waals surface area contributed by atoms with Gasteiger partial charge < -0.3 is 14.6 Å². The number of thiophene rings is 1. The molecule has 1 unspecified atom stereocenters. The zero-order valence-corrected chi connectivity index (χ0v) is 17.4. The van der Waals surface area contributed by atoms with Crippen molar-refractivity contribution in [3.63, 3.8) is 0 Å². The Balaban J connectivity index is 1.73. The number of amides is 1. The molecule has 1 amide bonds. The minimum atomic E-state index is -0.551. The highest BCUT2D eigenvalue weighted by Crippen LogP contribution is 2.43. The minimum Gasteiger partial charge on any atom is -0.464 e. The summed E-state index contributed by atoms with van der Waals surface area (Å²) < 4.78 is 6.12. The molecule has 28 heavy (non-hydrogen) atoms. The van der Waals surface area contributed by atoms with Gasteiger partial charge in [-0.1, -0.05) is 20.8 Å². The number of anilines is 1. The number of hydrogen-bond acceptors (Lipinski definition) is 6. The van der Waals surface area contributed by atoms with Crippen LogP contribution in [-0.2, 0) is 28.9 Å². The van der Waals surface area contributed by atoms with E-state index in [2.05, 4.69) is 41.9 Å². The highest BCUT2D eigenvalue weighted by atomic mass is 32.1. The van der Waals surface area contributed by atoms with Gasteiger partial charge in [0.25, 0.3) is 0 Å². The smallest absolute Gasteiger partial charge is 0.358 e. The number of methoxy groups -OCH3 is 1. The van der Waals surface area contributed by atoms with E-state index < -0.39 is 5.97 Å². The fourth-order valence-corrected chi connectivity index (χ4v) is 4.81. The molecule has 1 N–H and O–H groups in total. The normalized spacial score (nSPS) is 16.2. The van der Waals surface area contributed by atoms with E-state index in [0.717, 1.165) is 24.8 Å². The summed E-state index contributed by atoms with van der Waals surface area (Å²) in [4.78, 5) is 29.0. The number of esters is 1. The molecule has 8 heteroatoms. The van der Waals surface area contributed by atoms with Crippen molar-refractivity contribution < 1.29 is 14.3 Å². The summed E-state index contributed by atoms with van der Waals surface area (Å²) >= 11 is 1.51. The van der Waals surface area contributed by atoms with Crippen LogP contribution in [0.15, 0.2) is 12.5 Å². The lowest BCUT2D eigenvalue weighted by Crippen LogP contribution is -2.26. The van der Waals surface area contributed by atoms with Crippen LogP contribution >= 0.6 is 11.3 Å². The second kappa shape index (κ2) is 7.76. The van der Waals surface area contributed by atoms with Crippen LogP contribution in [0.2, 0.25) is 0 Å². The molecule has 0 saturated heterocycles. The van der Waals surface area contributed by atoms with E-state index in [-0.39, 0.29) is 23.6 Å². The first-order valence-electron chi connectivity index (χ1n) is 9.17. The molecule has 3 rings (SSSR count). The third-order valence-electron chi connectivity index (χ3n) is 5.21. The summed E-state index contributed by atoms with van der Waals surface area (Å²) in [5.74, 6) is -0.252. The van der Waals surface area contributed by atoms with Crippen LogP contribution in [0, 0.1) is 22.7 Å². The van der Waals surface area contributed by atoms with Gasteiger partial charge in [0.15, 0.2) is 5.69 Å². The number of carbonyl (C=O) groups excluding carboxylic acids is 2. The summed E-state index contributed by atoms with van der Waals surface area (Å²) in [6.07, 6.45) is 5.74. The molecular weight excluding hydrogens is 376 g/mol. The van der Waals surface area contributed by atoms with Crippen molar-refractivity contribution in [3.8, 4) is 6.07 Å². The summed E-state index contributed by atoms with van der Waals surface area (Å²) in [7, 11) is 1.28. The van der Waals surface area contributed by atoms with Crippen LogP contribution in [0.5, 0.6) is 0 Å². The van der Waals surface area contributed by atoms with Crippen molar-refractivity contribution in [2.75, 3.05) is 12.4 Å². The van der Waals surface area contributed by atoms with E-state index in [9.17, 15) is 14.9 Å². The molecule has 2 aromatic rings. The van der Waals surface area contributed by atoms with Crippen LogP contribution in [0.1, 0.15) is 53.7 Å². The van der Waals surface area contributed by atoms with Gasteiger partial charge in [-0.25, -0.2) is 9.78 Å². The average Bonchev–Trinajstić information content (AvgIpc) is 3.23. The molecule has 0 aliphatic heterocycles. The zero-order valence-electron chi connectivity index (χ0n) is 16.5. The van der Waals surface area contributed by atoms with Crippen LogP contribution in [0.4, 0.5) is 5.00 Å². The van der Waals surface area contributed by atoms with Crippen molar-refractivity contribution in [1.29, 1.82) is 5.26 Å². The van der Waals surface area contributed by atoms with Gasteiger partial charge in [-0.15, -0.1) is 11.3 Å². The van der Waals surface area contributed by atoms with Crippen LogP contribution in [0.25, 0.3) is 0 Å². The Bertz CT molecular complexity index is 946. The number of aromatic nitrogens is 2. The molecule has 0 fully saturated rings. The number of nitrogens with one attached hydrogen (secondary N) is 1. The quantitative estimate of drug-likeness (QED) is 0.794. The van der Waals surface area contributed by atoms with E-state index in [4.69, 9.17) is 0 Å². The first kappa shape index (κ1) is 20.1. The lowest BCUT2D eigenvalue weighted by atomic mass is 9.72. The van der Waals surface area contributed by atoms with E-state index in [0.29, 0.717) is 16.5 Å². The second-order valence-electron chi connectivity index (χ2n) is 8.10. The summed E-state index contributed by atoms with van der Waals surface area (Å²) in [5, 5.41) is 13.1. The zero-order chi connectivity index (χ0) is 20.5. The number of carbonyl (C=O) groups is 2. The maximum atomic E-state index is 12.5. The predicted molar refractivity (Wildman–Crippen MR) is 106 cm³/mol. The average molecular weight is 401 g/mol. The van der Waals surface area contributed by atoms with Crippen molar-refractivity contribution in [1.82, 2.24) is 9.55 Å². The Labute approximate surface area is 168 Å². The maximum Gasteiger partial charge on any atom is 0.358 e. The van der Waals surface area contributed by atoms with E-state index in [1.54, 1.807) is 0 Å². The molecule has 2 aromatic heterocycles. The Morgan fingerprint density at radius 3 is 2.86 bits per heavy atom. The molecule has 0 saturated carbocycles. The Kier molecular flexibility index (Phi) is 5.57.